The van der Waals surface area contributed by atoms with Crippen LogP contribution in [0.1, 0.15) is 90.4 Å². The van der Waals surface area contributed by atoms with Crippen LogP contribution in [0.4, 0.5) is 0 Å². The summed E-state index contributed by atoms with van der Waals surface area (Å²) in [7, 11) is -0.0850. The van der Waals surface area contributed by atoms with Gasteiger partial charge in [-0.2, -0.15) is 0 Å². The molecule has 1 rings (SSSR count). The summed E-state index contributed by atoms with van der Waals surface area (Å²) in [5, 5.41) is 0. The van der Waals surface area contributed by atoms with Gasteiger partial charge in [-0.15, -0.1) is 0 Å². The predicted molar refractivity (Wildman–Crippen MR) is 98.4 cm³/mol. The molecule has 0 aliphatic carbocycles. The highest BCUT2D eigenvalue weighted by Crippen LogP contribution is 2.37. The van der Waals surface area contributed by atoms with Crippen molar-refractivity contribution >= 4 is 8.60 Å². The molecule has 4 nitrogen and oxygen atoms in total. The molecule has 2 N–H and O–H groups in total. The summed E-state index contributed by atoms with van der Waals surface area (Å²) >= 11 is 0. The number of unbranched alkanes of at least 4 members (excludes halogenated alkanes) is 9. The number of nitrogens with zero attached hydrogens (tertiary/aromatic N) is 1. The fourth-order valence-electron chi connectivity index (χ4n) is 3.76. The van der Waals surface area contributed by atoms with Crippen LogP contribution in [0.2, 0.25) is 0 Å². The highest BCUT2D eigenvalue weighted by Gasteiger charge is 2.38. The van der Waals surface area contributed by atoms with Crippen molar-refractivity contribution in [1.29, 1.82) is 0 Å². The van der Waals surface area contributed by atoms with Crippen molar-refractivity contribution in [2.45, 2.75) is 95.9 Å². The Morgan fingerprint density at radius 1 is 0.957 bits per heavy atom. The van der Waals surface area contributed by atoms with Crippen LogP contribution in [0.25, 0.3) is 0 Å². The van der Waals surface area contributed by atoms with Gasteiger partial charge in [0.1, 0.15) is 0 Å². The smallest absolute Gasteiger partial charge is 0.327 e. The molecule has 1 unspecified atom stereocenters. The molecule has 1 saturated heterocycles. The number of hydrogen-bond acceptors (Lipinski definition) is 4. The molecule has 1 fully saturated rings. The monoisotopic (exact) mass is 347 g/mol. The minimum absolute atomic E-state index is 0.0339. The Hall–Kier alpha value is 0.270. The largest absolute Gasteiger partial charge is 0.328 e. The summed E-state index contributed by atoms with van der Waals surface area (Å²) in [5.41, 5.74) is 0.0339. The molecule has 0 saturated carbocycles. The van der Waals surface area contributed by atoms with E-state index in [2.05, 4.69) is 18.9 Å². The third-order valence-corrected chi connectivity index (χ3v) is 5.75. The van der Waals surface area contributed by atoms with E-state index in [4.69, 9.17) is 14.3 Å². The first-order valence-electron chi connectivity index (χ1n) is 9.63. The van der Waals surface area contributed by atoms with Gasteiger partial charge in [0.25, 0.3) is 0 Å². The normalized spacial score (nSPS) is 22.3. The van der Waals surface area contributed by atoms with E-state index in [0.29, 0.717) is 6.61 Å². The second kappa shape index (κ2) is 12.6. The second-order valence-corrected chi connectivity index (χ2v) is 7.97. The molecule has 23 heavy (non-hydrogen) atoms. The standard InChI is InChI=1S/C18H38NO3P/c1-3-4-5-6-7-8-9-10-11-12-14-18(17-22-23(20)21)15-13-16-19(18)2/h20-21H,3-17H2,1-2H3. The average Bonchev–Trinajstić information content (AvgIpc) is 2.88. The quantitative estimate of drug-likeness (QED) is 0.343. The number of likely N-dealkylation sites (tertiary alicyclic amines) is 1. The van der Waals surface area contributed by atoms with Crippen molar-refractivity contribution in [2.75, 3.05) is 20.2 Å². The van der Waals surface area contributed by atoms with E-state index < -0.39 is 8.60 Å². The van der Waals surface area contributed by atoms with Crippen molar-refractivity contribution in [3.8, 4) is 0 Å². The van der Waals surface area contributed by atoms with Crippen molar-refractivity contribution in [2.24, 2.45) is 0 Å². The van der Waals surface area contributed by atoms with E-state index in [1.54, 1.807) is 0 Å². The van der Waals surface area contributed by atoms with Crippen LogP contribution in [0.5, 0.6) is 0 Å². The Morgan fingerprint density at radius 3 is 2.00 bits per heavy atom. The fraction of sp³-hybridized carbons (Fsp3) is 1.00. The highest BCUT2D eigenvalue weighted by molar-refractivity contribution is 7.39. The minimum Gasteiger partial charge on any atom is -0.328 e. The molecule has 0 aromatic carbocycles. The average molecular weight is 347 g/mol. The number of likely N-dealkylation sites (N-methyl/N-ethyl adjacent to an activating group) is 1. The summed E-state index contributed by atoms with van der Waals surface area (Å²) in [5.74, 6) is 0. The molecular formula is C18H38NO3P. The molecule has 1 heterocycles. The first kappa shape index (κ1) is 21.3. The highest BCUT2D eigenvalue weighted by atomic mass is 31.2. The zero-order valence-electron chi connectivity index (χ0n) is 15.3. The van der Waals surface area contributed by atoms with Crippen LogP contribution in [-0.2, 0) is 4.52 Å². The first-order chi connectivity index (χ1) is 11.1. The van der Waals surface area contributed by atoms with Gasteiger partial charge in [-0.05, 0) is 32.9 Å². The Morgan fingerprint density at radius 2 is 1.52 bits per heavy atom. The van der Waals surface area contributed by atoms with Gasteiger partial charge in [0.05, 0.1) is 6.61 Å². The molecule has 138 valence electrons. The summed E-state index contributed by atoms with van der Waals surface area (Å²) in [6.45, 7) is 3.82. The third kappa shape index (κ3) is 8.79. The van der Waals surface area contributed by atoms with E-state index in [-0.39, 0.29) is 5.54 Å². The number of rotatable bonds is 14. The maximum absolute atomic E-state index is 9.04. The van der Waals surface area contributed by atoms with E-state index in [1.165, 1.54) is 70.6 Å². The lowest BCUT2D eigenvalue weighted by Gasteiger charge is -2.36. The SMILES string of the molecule is CCCCCCCCCCCCC1(COP(O)O)CCCN1C. The van der Waals surface area contributed by atoms with Crippen LogP contribution in [0.3, 0.4) is 0 Å². The van der Waals surface area contributed by atoms with Gasteiger partial charge < -0.3 is 14.3 Å². The summed E-state index contributed by atoms with van der Waals surface area (Å²) in [6.07, 6.45) is 16.9. The molecule has 1 aliphatic heterocycles. The van der Waals surface area contributed by atoms with E-state index in [1.807, 2.05) is 0 Å². The van der Waals surface area contributed by atoms with E-state index in [0.717, 1.165) is 19.4 Å². The number of hydrogen-bond donors (Lipinski definition) is 2. The van der Waals surface area contributed by atoms with Crippen LogP contribution in [0, 0.1) is 0 Å². The van der Waals surface area contributed by atoms with Gasteiger partial charge in [-0.1, -0.05) is 71.1 Å². The van der Waals surface area contributed by atoms with E-state index >= 15 is 0 Å². The van der Waals surface area contributed by atoms with Gasteiger partial charge in [-0.25, -0.2) is 0 Å². The fourth-order valence-corrected chi connectivity index (χ4v) is 4.12. The molecule has 0 bridgehead atoms. The topological polar surface area (TPSA) is 52.9 Å². The van der Waals surface area contributed by atoms with Gasteiger partial charge in [0, 0.05) is 5.54 Å². The minimum atomic E-state index is -2.23. The van der Waals surface area contributed by atoms with Crippen molar-refractivity contribution in [3.63, 3.8) is 0 Å². The molecule has 0 aromatic heterocycles. The molecular weight excluding hydrogens is 309 g/mol. The summed E-state index contributed by atoms with van der Waals surface area (Å²) in [4.78, 5) is 20.4. The van der Waals surface area contributed by atoms with Gasteiger partial charge in [0.2, 0.25) is 0 Å². The zero-order valence-corrected chi connectivity index (χ0v) is 16.2. The molecule has 5 heteroatoms. The van der Waals surface area contributed by atoms with Crippen LogP contribution >= 0.6 is 8.60 Å². The van der Waals surface area contributed by atoms with Gasteiger partial charge in [-0.3, -0.25) is 4.90 Å². The van der Waals surface area contributed by atoms with Crippen molar-refractivity contribution in [1.82, 2.24) is 4.90 Å². The van der Waals surface area contributed by atoms with Crippen molar-refractivity contribution < 1.29 is 14.3 Å². The van der Waals surface area contributed by atoms with E-state index in [9.17, 15) is 0 Å². The predicted octanol–water partition coefficient (Wildman–Crippen LogP) is 4.99. The lowest BCUT2D eigenvalue weighted by Crippen LogP contribution is -2.45. The molecule has 1 atom stereocenters. The van der Waals surface area contributed by atoms with Crippen molar-refractivity contribution in [3.05, 3.63) is 0 Å². The second-order valence-electron chi connectivity index (χ2n) is 7.21. The molecule has 1 aliphatic rings. The Labute approximate surface area is 144 Å². The molecule has 0 spiro atoms. The van der Waals surface area contributed by atoms with Gasteiger partial charge in [0.15, 0.2) is 0 Å². The Bertz CT molecular complexity index is 291. The molecule has 0 radical (unpaired) electrons. The maximum Gasteiger partial charge on any atom is 0.327 e. The Kier molecular flexibility index (Phi) is 11.7. The summed E-state index contributed by atoms with van der Waals surface area (Å²) in [6, 6.07) is 0. The van der Waals surface area contributed by atoms with Gasteiger partial charge >= 0.3 is 8.60 Å². The molecule has 0 amide bonds. The third-order valence-electron chi connectivity index (χ3n) is 5.39. The lowest BCUT2D eigenvalue weighted by atomic mass is 9.90. The van der Waals surface area contributed by atoms with Crippen LogP contribution in [-0.4, -0.2) is 40.4 Å². The maximum atomic E-state index is 9.04. The van der Waals surface area contributed by atoms with Crippen LogP contribution < -0.4 is 0 Å². The lowest BCUT2D eigenvalue weighted by molar-refractivity contribution is 0.0783. The van der Waals surface area contributed by atoms with Crippen LogP contribution in [0.15, 0.2) is 0 Å². The zero-order chi connectivity index (χ0) is 17.0. The first-order valence-corrected chi connectivity index (χ1v) is 10.8. The molecule has 0 aromatic rings. The Balaban J connectivity index is 2.09. The summed E-state index contributed by atoms with van der Waals surface area (Å²) < 4.78 is 5.18.